The first-order valence-corrected chi connectivity index (χ1v) is 8.15. The van der Waals surface area contributed by atoms with E-state index >= 15 is 0 Å². The van der Waals surface area contributed by atoms with Crippen LogP contribution in [0.3, 0.4) is 0 Å². The van der Waals surface area contributed by atoms with Gasteiger partial charge in [-0.2, -0.15) is 4.31 Å². The molecule has 0 aromatic heterocycles. The lowest BCUT2D eigenvalue weighted by Crippen LogP contribution is -2.58. The van der Waals surface area contributed by atoms with Crippen molar-refractivity contribution in [3.63, 3.8) is 0 Å². The Morgan fingerprint density at radius 1 is 1.20 bits per heavy atom. The van der Waals surface area contributed by atoms with E-state index in [2.05, 4.69) is 18.7 Å². The Morgan fingerprint density at radius 2 is 1.85 bits per heavy atom. The number of aryl methyl sites for hydroxylation is 1. The molecule has 6 heteroatoms. The number of nitrogen functional groups attached to an aromatic ring is 1. The third kappa shape index (κ3) is 2.82. The highest BCUT2D eigenvalue weighted by atomic mass is 32.2. The zero-order chi connectivity index (χ0) is 15.1. The van der Waals surface area contributed by atoms with Crippen LogP contribution >= 0.6 is 0 Å². The van der Waals surface area contributed by atoms with Crippen molar-refractivity contribution in [2.24, 2.45) is 0 Å². The number of benzene rings is 1. The summed E-state index contributed by atoms with van der Waals surface area (Å²) in [6, 6.07) is 4.98. The summed E-state index contributed by atoms with van der Waals surface area (Å²) in [5.74, 6) is 0. The first-order valence-electron chi connectivity index (χ1n) is 6.71. The van der Waals surface area contributed by atoms with Gasteiger partial charge in [0.05, 0.1) is 4.90 Å². The molecule has 1 aliphatic heterocycles. The van der Waals surface area contributed by atoms with Crippen LogP contribution in [0.15, 0.2) is 23.1 Å². The summed E-state index contributed by atoms with van der Waals surface area (Å²) < 4.78 is 27.0. The molecular weight excluding hydrogens is 274 g/mol. The monoisotopic (exact) mass is 297 g/mol. The van der Waals surface area contributed by atoms with Gasteiger partial charge in [-0.15, -0.1) is 0 Å². The third-order valence-electron chi connectivity index (χ3n) is 3.99. The predicted molar refractivity (Wildman–Crippen MR) is 81.1 cm³/mol. The molecule has 1 fully saturated rings. The van der Waals surface area contributed by atoms with Crippen molar-refractivity contribution in [1.82, 2.24) is 9.21 Å². The fraction of sp³-hybridized carbons (Fsp3) is 0.571. The standard InChI is InChI=1S/C14H23N3O2S/c1-11-7-12(15)9-13(8-11)20(18,19)17-6-5-16(4)14(2,3)10-17/h7-9H,5-6,10,15H2,1-4H3. The first kappa shape index (κ1) is 15.3. The molecule has 2 rings (SSSR count). The van der Waals surface area contributed by atoms with Crippen molar-refractivity contribution < 1.29 is 8.42 Å². The molecule has 0 aliphatic carbocycles. The zero-order valence-electron chi connectivity index (χ0n) is 12.5. The third-order valence-corrected chi connectivity index (χ3v) is 5.82. The normalized spacial score (nSPS) is 21.0. The van der Waals surface area contributed by atoms with Crippen LogP contribution in [0.25, 0.3) is 0 Å². The molecule has 112 valence electrons. The lowest BCUT2D eigenvalue weighted by Gasteiger charge is -2.44. The number of hydrogen-bond donors (Lipinski definition) is 1. The van der Waals surface area contributed by atoms with E-state index in [0.29, 0.717) is 18.8 Å². The molecule has 1 saturated heterocycles. The van der Waals surface area contributed by atoms with Gasteiger partial charge in [-0.1, -0.05) is 0 Å². The van der Waals surface area contributed by atoms with Crippen LogP contribution in [0.4, 0.5) is 5.69 Å². The molecule has 0 amide bonds. The summed E-state index contributed by atoms with van der Waals surface area (Å²) in [5, 5.41) is 0. The van der Waals surface area contributed by atoms with Gasteiger partial charge in [0.15, 0.2) is 0 Å². The number of sulfonamides is 1. The van der Waals surface area contributed by atoms with Crippen molar-refractivity contribution >= 4 is 15.7 Å². The maximum atomic E-state index is 12.7. The van der Waals surface area contributed by atoms with E-state index in [4.69, 9.17) is 5.73 Å². The number of nitrogens with zero attached hydrogens (tertiary/aromatic N) is 2. The molecule has 5 nitrogen and oxygen atoms in total. The number of nitrogens with two attached hydrogens (primary N) is 1. The SMILES string of the molecule is Cc1cc(N)cc(S(=O)(=O)N2CCN(C)C(C)(C)C2)c1. The van der Waals surface area contributed by atoms with E-state index in [0.717, 1.165) is 12.1 Å². The average molecular weight is 297 g/mol. The summed E-state index contributed by atoms with van der Waals surface area (Å²) in [7, 11) is -1.45. The van der Waals surface area contributed by atoms with Gasteiger partial charge in [-0.05, 0) is 51.6 Å². The number of hydrogen-bond acceptors (Lipinski definition) is 4. The Labute approximate surface area is 121 Å². The number of rotatable bonds is 2. The molecule has 0 bridgehead atoms. The number of likely N-dealkylation sites (N-methyl/N-ethyl adjacent to an activating group) is 1. The highest BCUT2D eigenvalue weighted by Crippen LogP contribution is 2.26. The summed E-state index contributed by atoms with van der Waals surface area (Å²) >= 11 is 0. The second kappa shape index (κ2) is 5.02. The average Bonchev–Trinajstić information content (AvgIpc) is 2.31. The van der Waals surface area contributed by atoms with Crippen LogP contribution in [0, 0.1) is 6.92 Å². The Bertz CT molecular complexity index is 591. The van der Waals surface area contributed by atoms with Crippen LogP contribution in [-0.2, 0) is 10.0 Å². The van der Waals surface area contributed by atoms with E-state index in [-0.39, 0.29) is 10.4 Å². The molecular formula is C14H23N3O2S. The molecule has 0 spiro atoms. The van der Waals surface area contributed by atoms with Crippen molar-refractivity contribution in [3.8, 4) is 0 Å². The van der Waals surface area contributed by atoms with Crippen LogP contribution < -0.4 is 5.73 Å². The highest BCUT2D eigenvalue weighted by molar-refractivity contribution is 7.89. The topological polar surface area (TPSA) is 66.6 Å². The summed E-state index contributed by atoms with van der Waals surface area (Å²) in [5.41, 5.74) is 6.95. The van der Waals surface area contributed by atoms with E-state index in [1.165, 1.54) is 6.07 Å². The van der Waals surface area contributed by atoms with Crippen molar-refractivity contribution in [1.29, 1.82) is 0 Å². The Hall–Kier alpha value is -1.11. The summed E-state index contributed by atoms with van der Waals surface area (Å²) in [6.45, 7) is 7.69. The van der Waals surface area contributed by atoms with Crippen LogP contribution in [-0.4, -0.2) is 49.8 Å². The minimum Gasteiger partial charge on any atom is -0.399 e. The van der Waals surface area contributed by atoms with Gasteiger partial charge >= 0.3 is 0 Å². The van der Waals surface area contributed by atoms with Gasteiger partial charge < -0.3 is 5.73 Å². The lowest BCUT2D eigenvalue weighted by atomic mass is 10.0. The van der Waals surface area contributed by atoms with E-state index < -0.39 is 10.0 Å². The quantitative estimate of drug-likeness (QED) is 0.835. The van der Waals surface area contributed by atoms with Gasteiger partial charge in [0.1, 0.15) is 0 Å². The summed E-state index contributed by atoms with van der Waals surface area (Å²) in [6.07, 6.45) is 0. The maximum absolute atomic E-state index is 12.7. The molecule has 0 unspecified atom stereocenters. The molecule has 1 heterocycles. The predicted octanol–water partition coefficient (Wildman–Crippen LogP) is 1.29. The van der Waals surface area contributed by atoms with Crippen molar-refractivity contribution in [2.45, 2.75) is 31.2 Å². The Balaban J connectivity index is 2.36. The molecule has 0 saturated carbocycles. The second-order valence-electron chi connectivity index (χ2n) is 6.15. The van der Waals surface area contributed by atoms with Gasteiger partial charge in [-0.25, -0.2) is 8.42 Å². The zero-order valence-corrected chi connectivity index (χ0v) is 13.4. The molecule has 1 aromatic carbocycles. The fourth-order valence-corrected chi connectivity index (χ4v) is 4.20. The maximum Gasteiger partial charge on any atom is 0.243 e. The van der Waals surface area contributed by atoms with Gasteiger partial charge in [0.2, 0.25) is 10.0 Å². The highest BCUT2D eigenvalue weighted by Gasteiger charge is 2.37. The van der Waals surface area contributed by atoms with E-state index in [1.54, 1.807) is 16.4 Å². The minimum absolute atomic E-state index is 0.166. The van der Waals surface area contributed by atoms with Crippen molar-refractivity contribution in [3.05, 3.63) is 23.8 Å². The Kier molecular flexibility index (Phi) is 3.83. The molecule has 2 N–H and O–H groups in total. The molecule has 1 aliphatic rings. The lowest BCUT2D eigenvalue weighted by molar-refractivity contribution is 0.0801. The molecule has 0 atom stereocenters. The fourth-order valence-electron chi connectivity index (χ4n) is 2.48. The second-order valence-corrected chi connectivity index (χ2v) is 8.09. The van der Waals surface area contributed by atoms with E-state index in [9.17, 15) is 8.42 Å². The van der Waals surface area contributed by atoms with Crippen LogP contribution in [0.2, 0.25) is 0 Å². The smallest absolute Gasteiger partial charge is 0.243 e. The molecule has 20 heavy (non-hydrogen) atoms. The van der Waals surface area contributed by atoms with Gasteiger partial charge in [0, 0.05) is 30.9 Å². The van der Waals surface area contributed by atoms with Crippen LogP contribution in [0.1, 0.15) is 19.4 Å². The van der Waals surface area contributed by atoms with Gasteiger partial charge in [-0.3, -0.25) is 4.90 Å². The first-order chi connectivity index (χ1) is 9.13. The molecule has 1 aromatic rings. The van der Waals surface area contributed by atoms with E-state index in [1.807, 2.05) is 14.0 Å². The number of anilines is 1. The summed E-state index contributed by atoms with van der Waals surface area (Å²) in [4.78, 5) is 2.47. The minimum atomic E-state index is -3.47. The van der Waals surface area contributed by atoms with Gasteiger partial charge in [0.25, 0.3) is 0 Å². The number of piperazine rings is 1. The van der Waals surface area contributed by atoms with Crippen LogP contribution in [0.5, 0.6) is 0 Å². The van der Waals surface area contributed by atoms with Crippen molar-refractivity contribution in [2.75, 3.05) is 32.4 Å². The largest absolute Gasteiger partial charge is 0.399 e. The molecule has 0 radical (unpaired) electrons. The Morgan fingerprint density at radius 3 is 2.40 bits per heavy atom.